The van der Waals surface area contributed by atoms with Crippen molar-refractivity contribution in [1.29, 1.82) is 0 Å². The van der Waals surface area contributed by atoms with E-state index in [1.165, 1.54) is 16.7 Å². The first-order valence-corrected chi connectivity index (χ1v) is 7.47. The molecule has 0 unspecified atom stereocenters. The Hall–Kier alpha value is -1.85. The largest absolute Gasteiger partial charge is 0.326 e. The van der Waals surface area contributed by atoms with Gasteiger partial charge in [-0.2, -0.15) is 0 Å². The molecule has 0 saturated carbocycles. The predicted molar refractivity (Wildman–Crippen MR) is 81.6 cm³/mol. The number of pyridine rings is 1. The molecular formula is C15H16N4S. The molecule has 5 heteroatoms. The normalized spacial score (nSPS) is 11.1. The summed E-state index contributed by atoms with van der Waals surface area (Å²) in [4.78, 5) is 0. The molecule has 0 saturated heterocycles. The summed E-state index contributed by atoms with van der Waals surface area (Å²) in [6.07, 6.45) is 1.99. The third kappa shape index (κ3) is 2.55. The van der Waals surface area contributed by atoms with E-state index in [0.717, 1.165) is 16.6 Å². The van der Waals surface area contributed by atoms with Crippen LogP contribution in [0.25, 0.3) is 5.65 Å². The number of nitrogens with zero attached hydrogens (tertiary/aromatic N) is 3. The average molecular weight is 284 g/mol. The molecule has 3 rings (SSSR count). The fourth-order valence-electron chi connectivity index (χ4n) is 2.11. The lowest BCUT2D eigenvalue weighted by Crippen LogP contribution is -1.98. The van der Waals surface area contributed by atoms with Crippen LogP contribution in [0.5, 0.6) is 0 Å². The number of aromatic nitrogens is 3. The van der Waals surface area contributed by atoms with Gasteiger partial charge in [-0.05, 0) is 35.7 Å². The molecular weight excluding hydrogens is 268 g/mol. The molecule has 2 aromatic heterocycles. The number of nitrogens with two attached hydrogens (primary N) is 1. The zero-order valence-electron chi connectivity index (χ0n) is 11.3. The van der Waals surface area contributed by atoms with E-state index in [2.05, 4.69) is 35.3 Å². The van der Waals surface area contributed by atoms with Crippen molar-refractivity contribution in [2.24, 2.45) is 5.73 Å². The summed E-state index contributed by atoms with van der Waals surface area (Å²) in [5.74, 6) is 0.881. The molecule has 0 aliphatic rings. The van der Waals surface area contributed by atoms with Crippen molar-refractivity contribution in [2.45, 2.75) is 24.4 Å². The van der Waals surface area contributed by atoms with E-state index in [0.29, 0.717) is 6.54 Å². The lowest BCUT2D eigenvalue weighted by Gasteiger charge is -2.07. The standard InChI is InChI=1S/C15H16N4S/c1-11-8-12(9-16)5-6-13(11)10-20-15-18-17-14-4-2-3-7-19(14)15/h2-8H,9-10,16H2,1H3. The highest BCUT2D eigenvalue weighted by Gasteiger charge is 2.07. The number of rotatable bonds is 4. The van der Waals surface area contributed by atoms with E-state index in [9.17, 15) is 0 Å². The molecule has 1 aromatic carbocycles. The third-order valence-electron chi connectivity index (χ3n) is 3.28. The molecule has 0 amide bonds. The van der Waals surface area contributed by atoms with Crippen LogP contribution in [0, 0.1) is 6.92 Å². The minimum Gasteiger partial charge on any atom is -0.326 e. The van der Waals surface area contributed by atoms with Crippen molar-refractivity contribution in [3.8, 4) is 0 Å². The highest BCUT2D eigenvalue weighted by atomic mass is 32.2. The van der Waals surface area contributed by atoms with Gasteiger partial charge >= 0.3 is 0 Å². The van der Waals surface area contributed by atoms with Gasteiger partial charge in [0.15, 0.2) is 10.8 Å². The smallest absolute Gasteiger partial charge is 0.195 e. The second kappa shape index (κ2) is 5.64. The first kappa shape index (κ1) is 13.1. The molecule has 2 N–H and O–H groups in total. The summed E-state index contributed by atoms with van der Waals surface area (Å²) in [5.41, 5.74) is 10.3. The number of benzene rings is 1. The quantitative estimate of drug-likeness (QED) is 0.748. The van der Waals surface area contributed by atoms with E-state index < -0.39 is 0 Å². The maximum absolute atomic E-state index is 5.66. The zero-order chi connectivity index (χ0) is 13.9. The number of aryl methyl sites for hydroxylation is 1. The van der Waals surface area contributed by atoms with Crippen LogP contribution in [0.2, 0.25) is 0 Å². The van der Waals surface area contributed by atoms with Gasteiger partial charge in [-0.25, -0.2) is 0 Å². The first-order valence-electron chi connectivity index (χ1n) is 6.49. The SMILES string of the molecule is Cc1cc(CN)ccc1CSc1nnc2ccccn12. The van der Waals surface area contributed by atoms with Crippen molar-refractivity contribution >= 4 is 17.4 Å². The summed E-state index contributed by atoms with van der Waals surface area (Å²) >= 11 is 1.70. The zero-order valence-corrected chi connectivity index (χ0v) is 12.1. The summed E-state index contributed by atoms with van der Waals surface area (Å²) in [5, 5.41) is 9.31. The second-order valence-corrected chi connectivity index (χ2v) is 5.61. The molecule has 0 aliphatic heterocycles. The molecule has 0 atom stereocenters. The Morgan fingerprint density at radius 1 is 1.20 bits per heavy atom. The fraction of sp³-hybridized carbons (Fsp3) is 0.200. The van der Waals surface area contributed by atoms with E-state index in [1.807, 2.05) is 28.8 Å². The molecule has 102 valence electrons. The van der Waals surface area contributed by atoms with Crippen LogP contribution in [0.4, 0.5) is 0 Å². The van der Waals surface area contributed by atoms with Gasteiger partial charge in [0.1, 0.15) is 0 Å². The molecule has 3 aromatic rings. The summed E-state index contributed by atoms with van der Waals surface area (Å²) in [6, 6.07) is 12.3. The second-order valence-electron chi connectivity index (χ2n) is 4.67. The van der Waals surface area contributed by atoms with Gasteiger partial charge in [0.2, 0.25) is 0 Å². The van der Waals surface area contributed by atoms with Gasteiger partial charge in [0.05, 0.1) is 0 Å². The van der Waals surface area contributed by atoms with Crippen LogP contribution in [0.3, 0.4) is 0 Å². The molecule has 0 fully saturated rings. The Bertz CT molecular complexity index is 736. The monoisotopic (exact) mass is 284 g/mol. The van der Waals surface area contributed by atoms with E-state index in [-0.39, 0.29) is 0 Å². The van der Waals surface area contributed by atoms with Gasteiger partial charge < -0.3 is 5.73 Å². The number of thioether (sulfide) groups is 1. The number of fused-ring (bicyclic) bond motifs is 1. The lowest BCUT2D eigenvalue weighted by atomic mass is 10.1. The highest BCUT2D eigenvalue weighted by Crippen LogP contribution is 2.23. The summed E-state index contributed by atoms with van der Waals surface area (Å²) in [7, 11) is 0. The Kier molecular flexibility index (Phi) is 3.71. The van der Waals surface area contributed by atoms with Crippen molar-refractivity contribution < 1.29 is 0 Å². The van der Waals surface area contributed by atoms with Gasteiger partial charge in [0.25, 0.3) is 0 Å². The Labute approximate surface area is 122 Å². The van der Waals surface area contributed by atoms with Gasteiger partial charge in [-0.15, -0.1) is 10.2 Å². The molecule has 20 heavy (non-hydrogen) atoms. The maximum atomic E-state index is 5.66. The third-order valence-corrected chi connectivity index (χ3v) is 4.27. The fourth-order valence-corrected chi connectivity index (χ4v) is 3.11. The maximum Gasteiger partial charge on any atom is 0.195 e. The van der Waals surface area contributed by atoms with Crippen molar-refractivity contribution in [2.75, 3.05) is 0 Å². The van der Waals surface area contributed by atoms with Gasteiger partial charge in [-0.3, -0.25) is 4.40 Å². The molecule has 0 radical (unpaired) electrons. The molecule has 0 aliphatic carbocycles. The molecule has 0 spiro atoms. The number of hydrogen-bond acceptors (Lipinski definition) is 4. The summed E-state index contributed by atoms with van der Waals surface area (Å²) in [6.45, 7) is 2.71. The lowest BCUT2D eigenvalue weighted by molar-refractivity contribution is 0.920. The highest BCUT2D eigenvalue weighted by molar-refractivity contribution is 7.98. The Morgan fingerprint density at radius 3 is 2.90 bits per heavy atom. The van der Waals surface area contributed by atoms with Crippen LogP contribution < -0.4 is 5.73 Å². The van der Waals surface area contributed by atoms with Crippen LogP contribution >= 0.6 is 11.8 Å². The average Bonchev–Trinajstić information content (AvgIpc) is 2.89. The van der Waals surface area contributed by atoms with Crippen molar-refractivity contribution in [1.82, 2.24) is 14.6 Å². The Balaban J connectivity index is 1.79. The number of hydrogen-bond donors (Lipinski definition) is 1. The minimum atomic E-state index is 0.586. The van der Waals surface area contributed by atoms with Gasteiger partial charge in [-0.1, -0.05) is 36.0 Å². The van der Waals surface area contributed by atoms with E-state index >= 15 is 0 Å². The van der Waals surface area contributed by atoms with Crippen LogP contribution in [-0.2, 0) is 12.3 Å². The van der Waals surface area contributed by atoms with Crippen LogP contribution in [0.1, 0.15) is 16.7 Å². The van der Waals surface area contributed by atoms with Crippen molar-refractivity contribution in [3.63, 3.8) is 0 Å². The van der Waals surface area contributed by atoms with Crippen LogP contribution in [-0.4, -0.2) is 14.6 Å². The van der Waals surface area contributed by atoms with E-state index in [1.54, 1.807) is 11.8 Å². The molecule has 4 nitrogen and oxygen atoms in total. The first-order chi connectivity index (χ1) is 9.78. The topological polar surface area (TPSA) is 56.2 Å². The summed E-state index contributed by atoms with van der Waals surface area (Å²) < 4.78 is 2.01. The van der Waals surface area contributed by atoms with E-state index in [4.69, 9.17) is 5.73 Å². The minimum absolute atomic E-state index is 0.586. The van der Waals surface area contributed by atoms with Gasteiger partial charge in [0, 0.05) is 18.5 Å². The van der Waals surface area contributed by atoms with Crippen LogP contribution in [0.15, 0.2) is 47.8 Å². The molecule has 2 heterocycles. The molecule has 0 bridgehead atoms. The predicted octanol–water partition coefficient (Wildman–Crippen LogP) is 2.79. The van der Waals surface area contributed by atoms with Crippen molar-refractivity contribution in [3.05, 3.63) is 59.3 Å². The Morgan fingerprint density at radius 2 is 2.10 bits per heavy atom.